The van der Waals surface area contributed by atoms with Crippen molar-refractivity contribution in [1.29, 1.82) is 5.26 Å². The molecule has 0 aromatic heterocycles. The minimum absolute atomic E-state index is 0.208. The Morgan fingerprint density at radius 2 is 1.62 bits per heavy atom. The van der Waals surface area contributed by atoms with Crippen LogP contribution in [0.4, 0.5) is 5.69 Å². The number of hydrogen-bond acceptors (Lipinski definition) is 4. The molecule has 0 radical (unpaired) electrons. The summed E-state index contributed by atoms with van der Waals surface area (Å²) in [6.45, 7) is 7.53. The lowest BCUT2D eigenvalue weighted by atomic mass is 9.86. The third-order valence-electron chi connectivity index (χ3n) is 6.79. The van der Waals surface area contributed by atoms with E-state index in [-0.39, 0.29) is 24.3 Å². The first-order valence-electron chi connectivity index (χ1n) is 12.1. The largest absolute Gasteiger partial charge is 0.480 e. The Morgan fingerprint density at radius 3 is 2.19 bits per heavy atom. The molecule has 0 spiro atoms. The van der Waals surface area contributed by atoms with Gasteiger partial charge in [-0.15, -0.1) is 0 Å². The number of fused-ring (bicyclic) bond motifs is 1. The summed E-state index contributed by atoms with van der Waals surface area (Å²) >= 11 is 0. The molecule has 2 N–H and O–H groups in total. The normalized spacial score (nSPS) is 13.7. The second-order valence-corrected chi connectivity index (χ2v) is 10.2. The van der Waals surface area contributed by atoms with Gasteiger partial charge in [0.25, 0.3) is 11.8 Å². The molecule has 2 amide bonds. The van der Waals surface area contributed by atoms with Crippen LogP contribution < -0.4 is 5.32 Å². The van der Waals surface area contributed by atoms with Gasteiger partial charge in [0.05, 0.1) is 11.5 Å². The van der Waals surface area contributed by atoms with Crippen LogP contribution in [0.2, 0.25) is 0 Å². The molecule has 0 fully saturated rings. The SMILES string of the molecule is CC(C)C(C(=O)O)N1Cc2ccc(-c3ccc(NC(=O)c4ccc(C(C)(C)C#N)cc4)cc3)cc2C1=O. The maximum atomic E-state index is 13.0. The Balaban J connectivity index is 1.48. The van der Waals surface area contributed by atoms with E-state index in [1.54, 1.807) is 56.3 Å². The molecular weight excluding hydrogens is 466 g/mol. The molecule has 7 nitrogen and oxygen atoms in total. The lowest BCUT2D eigenvalue weighted by Gasteiger charge is -2.27. The van der Waals surface area contributed by atoms with E-state index in [1.807, 2.05) is 38.1 Å². The molecule has 0 aliphatic carbocycles. The number of hydrogen-bond donors (Lipinski definition) is 2. The van der Waals surface area contributed by atoms with E-state index in [9.17, 15) is 24.8 Å². The highest BCUT2D eigenvalue weighted by Crippen LogP contribution is 2.32. The van der Waals surface area contributed by atoms with Crippen LogP contribution in [0.15, 0.2) is 66.7 Å². The van der Waals surface area contributed by atoms with E-state index in [0.717, 1.165) is 22.3 Å². The Morgan fingerprint density at radius 1 is 1.00 bits per heavy atom. The predicted molar refractivity (Wildman–Crippen MR) is 141 cm³/mol. The van der Waals surface area contributed by atoms with Gasteiger partial charge < -0.3 is 15.3 Å². The third-order valence-corrected chi connectivity index (χ3v) is 6.79. The van der Waals surface area contributed by atoms with Crippen LogP contribution in [0.3, 0.4) is 0 Å². The standard InChI is InChI=1S/C30H29N3O4/c1-18(2)26(29(36)37)33-16-22-6-5-21(15-25(22)28(33)35)19-9-13-24(14-10-19)32-27(34)20-7-11-23(12-8-20)30(3,4)17-31/h5-15,18,26H,16H2,1-4H3,(H,32,34)(H,36,37). The van der Waals surface area contributed by atoms with Crippen LogP contribution in [0, 0.1) is 17.2 Å². The van der Waals surface area contributed by atoms with Gasteiger partial charge in [0.1, 0.15) is 6.04 Å². The van der Waals surface area contributed by atoms with Gasteiger partial charge in [-0.1, -0.05) is 50.2 Å². The molecule has 1 unspecified atom stereocenters. The lowest BCUT2D eigenvalue weighted by molar-refractivity contribution is -0.144. The molecule has 7 heteroatoms. The van der Waals surface area contributed by atoms with Crippen LogP contribution in [-0.4, -0.2) is 33.8 Å². The molecule has 188 valence electrons. The zero-order valence-corrected chi connectivity index (χ0v) is 21.3. The van der Waals surface area contributed by atoms with Crippen molar-refractivity contribution in [3.8, 4) is 17.2 Å². The second-order valence-electron chi connectivity index (χ2n) is 10.2. The topological polar surface area (TPSA) is 110 Å². The number of nitriles is 1. The fraction of sp³-hybridized carbons (Fsp3) is 0.267. The fourth-order valence-electron chi connectivity index (χ4n) is 4.56. The number of carboxylic acid groups (broad SMARTS) is 1. The summed E-state index contributed by atoms with van der Waals surface area (Å²) < 4.78 is 0. The highest BCUT2D eigenvalue weighted by atomic mass is 16.4. The maximum Gasteiger partial charge on any atom is 0.326 e. The number of amides is 2. The van der Waals surface area contributed by atoms with Gasteiger partial charge in [0.2, 0.25) is 0 Å². The number of nitrogens with zero attached hydrogens (tertiary/aromatic N) is 2. The zero-order valence-electron chi connectivity index (χ0n) is 21.3. The molecule has 1 aliphatic heterocycles. The Labute approximate surface area is 216 Å². The first kappa shape index (κ1) is 25.6. The average Bonchev–Trinajstić information content (AvgIpc) is 3.19. The Hall–Kier alpha value is -4.44. The van der Waals surface area contributed by atoms with Gasteiger partial charge >= 0.3 is 5.97 Å². The van der Waals surface area contributed by atoms with Gasteiger partial charge in [-0.05, 0) is 72.4 Å². The predicted octanol–water partition coefficient (Wildman–Crippen LogP) is 5.47. The van der Waals surface area contributed by atoms with E-state index in [2.05, 4.69) is 11.4 Å². The minimum atomic E-state index is -1.00. The summed E-state index contributed by atoms with van der Waals surface area (Å²) in [7, 11) is 0. The van der Waals surface area contributed by atoms with Crippen molar-refractivity contribution in [1.82, 2.24) is 4.90 Å². The Kier molecular flexibility index (Phi) is 6.86. The monoisotopic (exact) mass is 495 g/mol. The van der Waals surface area contributed by atoms with Gasteiger partial charge in [0, 0.05) is 23.4 Å². The number of nitrogens with one attached hydrogen (secondary N) is 1. The number of aliphatic carboxylic acids is 1. The van der Waals surface area contributed by atoms with Crippen molar-refractivity contribution in [2.75, 3.05) is 5.32 Å². The van der Waals surface area contributed by atoms with Gasteiger partial charge in [0.15, 0.2) is 0 Å². The van der Waals surface area contributed by atoms with Crippen molar-refractivity contribution < 1.29 is 19.5 Å². The van der Waals surface area contributed by atoms with Gasteiger partial charge in [-0.3, -0.25) is 9.59 Å². The van der Waals surface area contributed by atoms with E-state index in [0.29, 0.717) is 16.8 Å². The number of anilines is 1. The smallest absolute Gasteiger partial charge is 0.326 e. The molecule has 1 heterocycles. The first-order valence-corrected chi connectivity index (χ1v) is 12.1. The Bertz CT molecular complexity index is 1400. The van der Waals surface area contributed by atoms with Crippen LogP contribution in [-0.2, 0) is 16.8 Å². The fourth-order valence-corrected chi connectivity index (χ4v) is 4.56. The highest BCUT2D eigenvalue weighted by molar-refractivity contribution is 6.04. The number of carboxylic acids is 1. The van der Waals surface area contributed by atoms with Crippen molar-refractivity contribution in [3.05, 3.63) is 89.0 Å². The van der Waals surface area contributed by atoms with E-state index < -0.39 is 17.4 Å². The summed E-state index contributed by atoms with van der Waals surface area (Å²) in [6, 6.07) is 21.3. The molecule has 37 heavy (non-hydrogen) atoms. The molecule has 0 saturated carbocycles. The molecule has 0 saturated heterocycles. The summed E-state index contributed by atoms with van der Waals surface area (Å²) in [4.78, 5) is 38.9. The van der Waals surface area contributed by atoms with Crippen molar-refractivity contribution in [3.63, 3.8) is 0 Å². The van der Waals surface area contributed by atoms with E-state index in [1.165, 1.54) is 4.90 Å². The third kappa shape index (κ3) is 5.10. The summed E-state index contributed by atoms with van der Waals surface area (Å²) in [5, 5.41) is 21.8. The summed E-state index contributed by atoms with van der Waals surface area (Å²) in [5.41, 5.74) is 4.36. The number of carbonyl (C=O) groups is 3. The van der Waals surface area contributed by atoms with Crippen LogP contribution in [0.25, 0.3) is 11.1 Å². The summed E-state index contributed by atoms with van der Waals surface area (Å²) in [5.74, 6) is -1.74. The molecule has 3 aromatic rings. The highest BCUT2D eigenvalue weighted by Gasteiger charge is 2.38. The van der Waals surface area contributed by atoms with Gasteiger partial charge in [-0.25, -0.2) is 4.79 Å². The van der Waals surface area contributed by atoms with Crippen LogP contribution in [0.5, 0.6) is 0 Å². The number of benzene rings is 3. The van der Waals surface area contributed by atoms with Crippen LogP contribution >= 0.6 is 0 Å². The van der Waals surface area contributed by atoms with Gasteiger partial charge in [-0.2, -0.15) is 5.26 Å². The minimum Gasteiger partial charge on any atom is -0.480 e. The average molecular weight is 496 g/mol. The van der Waals surface area contributed by atoms with Crippen LogP contribution in [0.1, 0.15) is 59.5 Å². The number of rotatable bonds is 7. The molecule has 1 aliphatic rings. The number of carbonyl (C=O) groups excluding carboxylic acids is 2. The lowest BCUT2D eigenvalue weighted by Crippen LogP contribution is -2.44. The van der Waals surface area contributed by atoms with Crippen molar-refractivity contribution >= 4 is 23.5 Å². The first-order chi connectivity index (χ1) is 17.5. The maximum absolute atomic E-state index is 13.0. The quantitative estimate of drug-likeness (QED) is 0.451. The molecule has 0 bridgehead atoms. The van der Waals surface area contributed by atoms with E-state index in [4.69, 9.17) is 0 Å². The molecule has 3 aromatic carbocycles. The molecular formula is C30H29N3O4. The molecule has 4 rings (SSSR count). The second kappa shape index (κ2) is 9.90. The zero-order chi connectivity index (χ0) is 26.9. The van der Waals surface area contributed by atoms with E-state index >= 15 is 0 Å². The van der Waals surface area contributed by atoms with Crippen molar-refractivity contribution in [2.24, 2.45) is 5.92 Å². The molecule has 1 atom stereocenters. The summed E-state index contributed by atoms with van der Waals surface area (Å²) in [6.07, 6.45) is 0. The van der Waals surface area contributed by atoms with Crippen molar-refractivity contribution in [2.45, 2.75) is 45.7 Å².